The first-order valence-corrected chi connectivity index (χ1v) is 13.1. The second kappa shape index (κ2) is 12.4. The maximum Gasteiger partial charge on any atom is 0.174 e. The average molecular weight is 519 g/mol. The number of carbonyl (C=O) groups is 1. The fourth-order valence-corrected chi connectivity index (χ4v) is 4.75. The monoisotopic (exact) mass is 518 g/mol. The van der Waals surface area contributed by atoms with E-state index >= 15 is 4.39 Å². The normalized spacial score (nSPS) is 17.6. The van der Waals surface area contributed by atoms with E-state index in [9.17, 15) is 4.79 Å². The number of ether oxygens (including phenoxy) is 1. The molecular weight excluding hydrogens is 483 g/mol. The maximum atomic E-state index is 15.3. The van der Waals surface area contributed by atoms with E-state index in [-0.39, 0.29) is 11.7 Å². The molecule has 1 aliphatic carbocycles. The molecule has 2 aromatic carbocycles. The van der Waals surface area contributed by atoms with Gasteiger partial charge < -0.3 is 4.74 Å². The van der Waals surface area contributed by atoms with Crippen LogP contribution in [0.1, 0.15) is 58.6 Å². The van der Waals surface area contributed by atoms with Crippen LogP contribution in [0.3, 0.4) is 0 Å². The van der Waals surface area contributed by atoms with Gasteiger partial charge in [-0.15, -0.1) is 0 Å². The Morgan fingerprint density at radius 2 is 1.68 bits per heavy atom. The number of ketones is 1. The molecule has 3 rings (SSSR count). The molecule has 37 heavy (non-hydrogen) atoms. The highest BCUT2D eigenvalue weighted by atomic mass is 35.5. The van der Waals surface area contributed by atoms with Gasteiger partial charge >= 0.3 is 0 Å². The lowest BCUT2D eigenvalue weighted by molar-refractivity contribution is -0.115. The lowest BCUT2D eigenvalue weighted by Gasteiger charge is -2.23. The van der Waals surface area contributed by atoms with Crippen molar-refractivity contribution in [2.75, 3.05) is 0 Å². The molecule has 2 nitrogen and oxygen atoms in total. The number of allylic oxidation sites excluding steroid dienone is 9. The summed E-state index contributed by atoms with van der Waals surface area (Å²) in [4.78, 5) is 13.0. The minimum absolute atomic E-state index is 0.0527. The second-order valence-corrected chi connectivity index (χ2v) is 10.2. The molecule has 0 aliphatic heterocycles. The number of rotatable bonds is 10. The van der Waals surface area contributed by atoms with Crippen LogP contribution in [0.15, 0.2) is 107 Å². The van der Waals surface area contributed by atoms with E-state index in [1.165, 1.54) is 6.08 Å². The lowest BCUT2D eigenvalue weighted by atomic mass is 9.89. The van der Waals surface area contributed by atoms with Crippen molar-refractivity contribution in [3.8, 4) is 11.5 Å². The Morgan fingerprint density at radius 3 is 2.24 bits per heavy atom. The highest BCUT2D eigenvalue weighted by molar-refractivity contribution is 6.30. The average Bonchev–Trinajstić information content (AvgIpc) is 2.97. The van der Waals surface area contributed by atoms with Crippen LogP contribution in [0.2, 0.25) is 0 Å². The van der Waals surface area contributed by atoms with Gasteiger partial charge in [0.1, 0.15) is 11.5 Å². The molecule has 2 unspecified atom stereocenters. The molecule has 0 saturated heterocycles. The Kier molecular flexibility index (Phi) is 9.50. The van der Waals surface area contributed by atoms with Crippen LogP contribution < -0.4 is 4.74 Å². The number of hydrogen-bond acceptors (Lipinski definition) is 2. The predicted octanol–water partition coefficient (Wildman–Crippen LogP) is 9.72. The summed E-state index contributed by atoms with van der Waals surface area (Å²) in [6.45, 7) is 13.3. The smallest absolute Gasteiger partial charge is 0.174 e. The summed E-state index contributed by atoms with van der Waals surface area (Å²) in [5.74, 6) is 1.55. The van der Waals surface area contributed by atoms with Crippen LogP contribution >= 0.6 is 11.6 Å². The van der Waals surface area contributed by atoms with Crippen molar-refractivity contribution in [2.24, 2.45) is 5.92 Å². The number of hydrogen-bond donors (Lipinski definition) is 0. The molecule has 0 spiro atoms. The minimum Gasteiger partial charge on any atom is -0.457 e. The number of alkyl halides is 1. The molecule has 0 bridgehead atoms. The van der Waals surface area contributed by atoms with E-state index in [0.29, 0.717) is 29.1 Å². The van der Waals surface area contributed by atoms with Gasteiger partial charge in [-0.05, 0) is 99.2 Å². The topological polar surface area (TPSA) is 26.3 Å². The highest BCUT2D eigenvalue weighted by Gasteiger charge is 2.29. The molecule has 0 heterocycles. The molecule has 4 heteroatoms. The van der Waals surface area contributed by atoms with Crippen molar-refractivity contribution in [1.29, 1.82) is 0 Å². The summed E-state index contributed by atoms with van der Waals surface area (Å²) in [6, 6.07) is 14.8. The molecular formula is C33H36ClFO2. The number of Topliss-reactive ketones (excluding diaryl/α,β-unsaturated/α-hetero) is 1. The van der Waals surface area contributed by atoms with Crippen LogP contribution in [-0.4, -0.2) is 5.78 Å². The molecule has 194 valence electrons. The van der Waals surface area contributed by atoms with Crippen molar-refractivity contribution in [2.45, 2.75) is 59.5 Å². The van der Waals surface area contributed by atoms with E-state index < -0.39 is 5.67 Å². The van der Waals surface area contributed by atoms with E-state index in [1.54, 1.807) is 44.2 Å². The van der Waals surface area contributed by atoms with E-state index in [4.69, 9.17) is 16.3 Å². The summed E-state index contributed by atoms with van der Waals surface area (Å²) < 4.78 is 21.3. The van der Waals surface area contributed by atoms with Gasteiger partial charge in [0.15, 0.2) is 11.5 Å². The van der Waals surface area contributed by atoms with Crippen molar-refractivity contribution in [3.63, 3.8) is 0 Å². The molecule has 0 saturated carbocycles. The van der Waals surface area contributed by atoms with Gasteiger partial charge in [-0.3, -0.25) is 4.79 Å². The second-order valence-electron chi connectivity index (χ2n) is 9.72. The first-order chi connectivity index (χ1) is 17.6. The Labute approximate surface area is 225 Å². The van der Waals surface area contributed by atoms with Gasteiger partial charge in [-0.2, -0.15) is 0 Å². The summed E-state index contributed by atoms with van der Waals surface area (Å²) in [5.41, 5.74) is 3.21. The Hall–Kier alpha value is -3.17. The molecule has 2 aromatic rings. The van der Waals surface area contributed by atoms with Crippen molar-refractivity contribution < 1.29 is 13.9 Å². The zero-order chi connectivity index (χ0) is 27.2. The Balaban J connectivity index is 1.58. The van der Waals surface area contributed by atoms with Gasteiger partial charge in [0.05, 0.1) is 0 Å². The number of aryl methyl sites for hydroxylation is 1. The summed E-state index contributed by atoms with van der Waals surface area (Å²) in [7, 11) is 0. The molecule has 0 aromatic heterocycles. The summed E-state index contributed by atoms with van der Waals surface area (Å²) in [5, 5.41) is 0.758. The van der Waals surface area contributed by atoms with Gasteiger partial charge in [0.2, 0.25) is 0 Å². The third-order valence-corrected chi connectivity index (χ3v) is 7.40. The molecule has 0 amide bonds. The predicted molar refractivity (Wildman–Crippen MR) is 153 cm³/mol. The third kappa shape index (κ3) is 6.78. The molecule has 1 aliphatic rings. The molecule has 0 fully saturated rings. The zero-order valence-electron chi connectivity index (χ0n) is 22.4. The van der Waals surface area contributed by atoms with E-state index in [2.05, 4.69) is 6.58 Å². The number of carbonyl (C=O) groups excluding carboxylic acids is 1. The number of benzene rings is 2. The highest BCUT2D eigenvalue weighted by Crippen LogP contribution is 2.36. The summed E-state index contributed by atoms with van der Waals surface area (Å²) in [6.07, 6.45) is 9.08. The Bertz CT molecular complexity index is 1260. The van der Waals surface area contributed by atoms with Crippen LogP contribution in [0.25, 0.3) is 0 Å². The maximum absolute atomic E-state index is 15.3. The van der Waals surface area contributed by atoms with Gasteiger partial charge in [-0.1, -0.05) is 67.1 Å². The van der Waals surface area contributed by atoms with Gasteiger partial charge in [0, 0.05) is 22.9 Å². The quantitative estimate of drug-likeness (QED) is 0.292. The Morgan fingerprint density at radius 1 is 1.08 bits per heavy atom. The fraction of sp³-hybridized carbons (Fsp3) is 0.303. The SMILES string of the molecule is C=C(C)C(F)(C=CC)c1ccc(Oc2ccc(CCCC(=O)C3=C(C)C(C)C(Cl)=CC=C3C)cc2)cc1. The molecule has 0 N–H and O–H groups in total. The first kappa shape index (κ1) is 28.4. The van der Waals surface area contributed by atoms with E-state index in [1.807, 2.05) is 57.2 Å². The van der Waals surface area contributed by atoms with Crippen molar-refractivity contribution in [1.82, 2.24) is 0 Å². The number of halogens is 2. The van der Waals surface area contributed by atoms with E-state index in [0.717, 1.165) is 40.2 Å². The van der Waals surface area contributed by atoms with Gasteiger partial charge in [-0.25, -0.2) is 4.39 Å². The molecule has 2 atom stereocenters. The minimum atomic E-state index is -1.70. The van der Waals surface area contributed by atoms with Crippen LogP contribution in [-0.2, 0) is 16.9 Å². The zero-order valence-corrected chi connectivity index (χ0v) is 23.2. The first-order valence-electron chi connectivity index (χ1n) is 12.7. The van der Waals surface area contributed by atoms with Gasteiger partial charge in [0.25, 0.3) is 0 Å². The van der Waals surface area contributed by atoms with Crippen molar-refractivity contribution >= 4 is 17.4 Å². The van der Waals surface area contributed by atoms with Crippen LogP contribution in [0.5, 0.6) is 11.5 Å². The van der Waals surface area contributed by atoms with Crippen molar-refractivity contribution in [3.05, 3.63) is 118 Å². The third-order valence-electron chi connectivity index (χ3n) is 6.94. The largest absolute Gasteiger partial charge is 0.457 e. The summed E-state index contributed by atoms with van der Waals surface area (Å²) >= 11 is 6.34. The van der Waals surface area contributed by atoms with Crippen LogP contribution in [0, 0.1) is 5.92 Å². The molecule has 0 radical (unpaired) electrons. The fourth-order valence-electron chi connectivity index (χ4n) is 4.52. The van der Waals surface area contributed by atoms with Crippen LogP contribution in [0.4, 0.5) is 4.39 Å². The standard InChI is InChI=1S/C33H36ClFO2/c1-7-21-33(35,22(2)3)27-14-18-29(19-15-27)37-28-16-12-26(13-17-28)9-8-10-31(36)32-23(4)11-20-30(34)24(5)25(32)6/h7,11-21,24H,2,8-10H2,1,3-6H3. The lowest BCUT2D eigenvalue weighted by Crippen LogP contribution is -2.17.